The van der Waals surface area contributed by atoms with Gasteiger partial charge in [0, 0.05) is 31.0 Å². The number of halogens is 1. The average molecular weight is 312 g/mol. The van der Waals surface area contributed by atoms with E-state index in [1.54, 1.807) is 19.1 Å². The summed E-state index contributed by atoms with van der Waals surface area (Å²) in [5.74, 6) is 0.214. The highest BCUT2D eigenvalue weighted by Gasteiger charge is 2.24. The fraction of sp³-hybridized carbons (Fsp3) is 0.368. The van der Waals surface area contributed by atoms with E-state index in [1.807, 2.05) is 29.4 Å². The van der Waals surface area contributed by atoms with Gasteiger partial charge in [0.25, 0.3) is 5.91 Å². The second-order valence-corrected chi connectivity index (χ2v) is 6.26. The zero-order valence-corrected chi connectivity index (χ0v) is 13.3. The van der Waals surface area contributed by atoms with Crippen molar-refractivity contribution in [2.75, 3.05) is 13.1 Å². The van der Waals surface area contributed by atoms with Gasteiger partial charge in [-0.05, 0) is 67.5 Å². The maximum Gasteiger partial charge on any atom is 0.253 e. The van der Waals surface area contributed by atoms with Crippen LogP contribution in [0.5, 0.6) is 0 Å². The molecule has 1 aliphatic rings. The number of aryl methyl sites for hydroxylation is 1. The Morgan fingerprint density at radius 2 is 1.91 bits per heavy atom. The number of hydrogen-bond acceptors (Lipinski definition) is 2. The Balaban J connectivity index is 1.58. The summed E-state index contributed by atoms with van der Waals surface area (Å²) in [6, 6.07) is 8.82. The standard InChI is InChI=1S/C19H21FN2O/c1-14-2-3-17(13-18(14)20)19(23)22-10-6-16(7-11-22)12-15-4-8-21-9-5-15/h2-5,8-9,13,16H,6-7,10-12H2,1H3. The monoisotopic (exact) mass is 312 g/mol. The van der Waals surface area contributed by atoms with E-state index in [1.165, 1.54) is 11.6 Å². The molecule has 1 amide bonds. The molecule has 1 aliphatic heterocycles. The lowest BCUT2D eigenvalue weighted by atomic mass is 9.90. The number of benzene rings is 1. The Morgan fingerprint density at radius 1 is 1.22 bits per heavy atom. The van der Waals surface area contributed by atoms with Crippen molar-refractivity contribution in [3.8, 4) is 0 Å². The number of carbonyl (C=O) groups is 1. The third-order valence-electron chi connectivity index (χ3n) is 4.59. The minimum absolute atomic E-state index is 0.0636. The van der Waals surface area contributed by atoms with Crippen molar-refractivity contribution in [3.05, 3.63) is 65.2 Å². The molecule has 0 unspecified atom stereocenters. The second kappa shape index (κ2) is 6.90. The summed E-state index contributed by atoms with van der Waals surface area (Å²) in [5.41, 5.74) is 2.31. The van der Waals surface area contributed by atoms with Gasteiger partial charge in [-0.2, -0.15) is 0 Å². The predicted molar refractivity (Wildman–Crippen MR) is 87.7 cm³/mol. The Morgan fingerprint density at radius 3 is 2.57 bits per heavy atom. The van der Waals surface area contributed by atoms with Gasteiger partial charge < -0.3 is 4.90 Å². The molecule has 1 saturated heterocycles. The van der Waals surface area contributed by atoms with Gasteiger partial charge in [0.2, 0.25) is 0 Å². The molecule has 120 valence electrons. The molecule has 0 radical (unpaired) electrons. The van der Waals surface area contributed by atoms with Crippen molar-refractivity contribution >= 4 is 5.91 Å². The number of aromatic nitrogens is 1. The molecule has 0 bridgehead atoms. The number of hydrogen-bond donors (Lipinski definition) is 0. The molecule has 2 aromatic rings. The van der Waals surface area contributed by atoms with Gasteiger partial charge in [0.05, 0.1) is 0 Å². The largest absolute Gasteiger partial charge is 0.339 e. The molecule has 0 atom stereocenters. The molecule has 23 heavy (non-hydrogen) atoms. The lowest BCUT2D eigenvalue weighted by molar-refractivity contribution is 0.0690. The summed E-state index contributed by atoms with van der Waals surface area (Å²) in [7, 11) is 0. The number of nitrogens with zero attached hydrogens (tertiary/aromatic N) is 2. The van der Waals surface area contributed by atoms with Crippen LogP contribution in [0.3, 0.4) is 0 Å². The van der Waals surface area contributed by atoms with Crippen LogP contribution in [0.2, 0.25) is 0 Å². The first-order valence-electron chi connectivity index (χ1n) is 8.08. The van der Waals surface area contributed by atoms with Crippen LogP contribution in [-0.2, 0) is 6.42 Å². The molecule has 2 heterocycles. The first kappa shape index (κ1) is 15.7. The molecule has 0 saturated carbocycles. The Bertz CT molecular complexity index is 679. The lowest BCUT2D eigenvalue weighted by Crippen LogP contribution is -2.39. The van der Waals surface area contributed by atoms with Crippen LogP contribution in [-0.4, -0.2) is 28.9 Å². The quantitative estimate of drug-likeness (QED) is 0.867. The number of pyridine rings is 1. The highest BCUT2D eigenvalue weighted by molar-refractivity contribution is 5.94. The van der Waals surface area contributed by atoms with E-state index in [2.05, 4.69) is 4.98 Å². The SMILES string of the molecule is Cc1ccc(C(=O)N2CCC(Cc3ccncc3)CC2)cc1F. The summed E-state index contributed by atoms with van der Waals surface area (Å²) < 4.78 is 13.6. The first-order valence-corrected chi connectivity index (χ1v) is 8.08. The lowest BCUT2D eigenvalue weighted by Gasteiger charge is -2.32. The zero-order chi connectivity index (χ0) is 16.2. The summed E-state index contributed by atoms with van der Waals surface area (Å²) >= 11 is 0. The van der Waals surface area contributed by atoms with E-state index in [0.717, 1.165) is 32.4 Å². The molecule has 0 spiro atoms. The van der Waals surface area contributed by atoms with E-state index < -0.39 is 0 Å². The number of likely N-dealkylation sites (tertiary alicyclic amines) is 1. The molecule has 3 rings (SSSR count). The fourth-order valence-corrected chi connectivity index (χ4v) is 3.10. The summed E-state index contributed by atoms with van der Waals surface area (Å²) in [6.45, 7) is 3.18. The Hall–Kier alpha value is -2.23. The molecular weight excluding hydrogens is 291 g/mol. The van der Waals surface area contributed by atoms with Gasteiger partial charge in [-0.25, -0.2) is 4.39 Å². The van der Waals surface area contributed by atoms with Crippen LogP contribution in [0, 0.1) is 18.7 Å². The number of rotatable bonds is 3. The van der Waals surface area contributed by atoms with Crippen LogP contribution < -0.4 is 0 Å². The first-order chi connectivity index (χ1) is 11.1. The van der Waals surface area contributed by atoms with Gasteiger partial charge in [0.1, 0.15) is 5.82 Å². The highest BCUT2D eigenvalue weighted by Crippen LogP contribution is 2.23. The maximum absolute atomic E-state index is 13.6. The van der Waals surface area contributed by atoms with E-state index in [0.29, 0.717) is 17.0 Å². The molecule has 0 aliphatic carbocycles. The van der Waals surface area contributed by atoms with E-state index in [4.69, 9.17) is 0 Å². The van der Waals surface area contributed by atoms with Gasteiger partial charge in [-0.3, -0.25) is 9.78 Å². The van der Waals surface area contributed by atoms with Gasteiger partial charge in [-0.1, -0.05) is 6.07 Å². The molecule has 1 fully saturated rings. The minimum Gasteiger partial charge on any atom is -0.339 e. The topological polar surface area (TPSA) is 33.2 Å². The number of piperidine rings is 1. The summed E-state index contributed by atoms with van der Waals surface area (Å²) in [5, 5.41) is 0. The van der Waals surface area contributed by atoms with Crippen molar-refractivity contribution in [1.82, 2.24) is 9.88 Å². The average Bonchev–Trinajstić information content (AvgIpc) is 2.58. The van der Waals surface area contributed by atoms with E-state index in [-0.39, 0.29) is 11.7 Å². The maximum atomic E-state index is 13.6. The fourth-order valence-electron chi connectivity index (χ4n) is 3.10. The van der Waals surface area contributed by atoms with Crippen LogP contribution in [0.15, 0.2) is 42.7 Å². The van der Waals surface area contributed by atoms with Gasteiger partial charge in [0.15, 0.2) is 0 Å². The van der Waals surface area contributed by atoms with Crippen LogP contribution in [0.1, 0.15) is 34.3 Å². The van der Waals surface area contributed by atoms with E-state index >= 15 is 0 Å². The molecule has 0 N–H and O–H groups in total. The third-order valence-corrected chi connectivity index (χ3v) is 4.59. The summed E-state index contributed by atoms with van der Waals surface area (Å²) in [6.07, 6.45) is 6.65. The van der Waals surface area contributed by atoms with Gasteiger partial charge >= 0.3 is 0 Å². The van der Waals surface area contributed by atoms with Crippen LogP contribution >= 0.6 is 0 Å². The normalized spacial score (nSPS) is 15.7. The van der Waals surface area contributed by atoms with Gasteiger partial charge in [-0.15, -0.1) is 0 Å². The summed E-state index contributed by atoms with van der Waals surface area (Å²) in [4.78, 5) is 18.4. The molecule has 1 aromatic carbocycles. The smallest absolute Gasteiger partial charge is 0.253 e. The Kier molecular flexibility index (Phi) is 4.70. The molecule has 1 aromatic heterocycles. The van der Waals surface area contributed by atoms with E-state index in [9.17, 15) is 9.18 Å². The van der Waals surface area contributed by atoms with Crippen LogP contribution in [0.25, 0.3) is 0 Å². The second-order valence-electron chi connectivity index (χ2n) is 6.26. The van der Waals surface area contributed by atoms with Crippen molar-refractivity contribution in [1.29, 1.82) is 0 Å². The molecular formula is C19H21FN2O. The zero-order valence-electron chi connectivity index (χ0n) is 13.3. The Labute approximate surface area is 136 Å². The predicted octanol–water partition coefficient (Wildman–Crippen LogP) is 3.62. The third kappa shape index (κ3) is 3.76. The van der Waals surface area contributed by atoms with Crippen molar-refractivity contribution in [2.45, 2.75) is 26.2 Å². The molecule has 4 heteroatoms. The number of carbonyl (C=O) groups excluding carboxylic acids is 1. The van der Waals surface area contributed by atoms with Crippen molar-refractivity contribution < 1.29 is 9.18 Å². The highest BCUT2D eigenvalue weighted by atomic mass is 19.1. The number of amides is 1. The van der Waals surface area contributed by atoms with Crippen LogP contribution in [0.4, 0.5) is 4.39 Å². The molecule has 3 nitrogen and oxygen atoms in total. The van der Waals surface area contributed by atoms with Crippen molar-refractivity contribution in [2.24, 2.45) is 5.92 Å². The van der Waals surface area contributed by atoms with Crippen molar-refractivity contribution in [3.63, 3.8) is 0 Å². The minimum atomic E-state index is -0.316.